The highest BCUT2D eigenvalue weighted by molar-refractivity contribution is 5.84. The number of nitrogens with one attached hydrogen (secondary N) is 1. The van der Waals surface area contributed by atoms with E-state index in [0.717, 1.165) is 54.0 Å². The largest absolute Gasteiger partial charge is 0.363 e. The molecule has 8 heteroatoms. The maximum Gasteiger partial charge on any atom is 0.229 e. The Labute approximate surface area is 191 Å². The zero-order valence-electron chi connectivity index (χ0n) is 18.6. The standard InChI is InChI=1S/C25H25F2N5O/c1-15(17-4-5-20(26)21(27)13-17)24(33)32-11-8-25(14-32)7-6-18-12-19(16(2)30-22(18)31-25)23-28-9-3-10-29-23/h3-5,9-10,12-13,15H,6-8,11,14H2,1-2H3,(H,30,31)/t15-,25+/m1/s1. The summed E-state index contributed by atoms with van der Waals surface area (Å²) in [4.78, 5) is 28.5. The van der Waals surface area contributed by atoms with Crippen molar-refractivity contribution >= 4 is 11.7 Å². The van der Waals surface area contributed by atoms with E-state index >= 15 is 0 Å². The molecule has 1 N–H and O–H groups in total. The summed E-state index contributed by atoms with van der Waals surface area (Å²) in [7, 11) is 0. The van der Waals surface area contributed by atoms with Gasteiger partial charge in [0.25, 0.3) is 0 Å². The molecule has 1 saturated heterocycles. The summed E-state index contributed by atoms with van der Waals surface area (Å²) in [5.74, 6) is -0.951. The lowest BCUT2D eigenvalue weighted by Crippen LogP contribution is -2.46. The van der Waals surface area contributed by atoms with Crippen molar-refractivity contribution in [3.63, 3.8) is 0 Å². The van der Waals surface area contributed by atoms with Gasteiger partial charge in [-0.1, -0.05) is 6.07 Å². The topological polar surface area (TPSA) is 71.0 Å². The van der Waals surface area contributed by atoms with Crippen molar-refractivity contribution in [1.29, 1.82) is 0 Å². The van der Waals surface area contributed by atoms with Crippen molar-refractivity contribution in [3.05, 3.63) is 71.2 Å². The van der Waals surface area contributed by atoms with Gasteiger partial charge in [-0.05, 0) is 68.5 Å². The van der Waals surface area contributed by atoms with Gasteiger partial charge in [-0.15, -0.1) is 0 Å². The molecule has 2 aliphatic heterocycles. The molecule has 0 saturated carbocycles. The number of hydrogen-bond acceptors (Lipinski definition) is 5. The number of fused-ring (bicyclic) bond motifs is 1. The highest BCUT2D eigenvalue weighted by Gasteiger charge is 2.43. The van der Waals surface area contributed by atoms with Crippen LogP contribution in [0, 0.1) is 18.6 Å². The minimum atomic E-state index is -0.933. The van der Waals surface area contributed by atoms with Crippen LogP contribution < -0.4 is 5.32 Å². The van der Waals surface area contributed by atoms with Crippen LogP contribution in [0.4, 0.5) is 14.6 Å². The minimum absolute atomic E-state index is 0.0776. The molecule has 5 rings (SSSR count). The van der Waals surface area contributed by atoms with Gasteiger partial charge in [0.2, 0.25) is 5.91 Å². The molecule has 0 radical (unpaired) electrons. The molecule has 4 heterocycles. The van der Waals surface area contributed by atoms with Crippen LogP contribution in [0.5, 0.6) is 0 Å². The molecule has 3 aromatic rings. The summed E-state index contributed by atoms with van der Waals surface area (Å²) >= 11 is 0. The van der Waals surface area contributed by atoms with Crippen molar-refractivity contribution in [2.45, 2.75) is 44.6 Å². The van der Waals surface area contributed by atoms with Crippen molar-refractivity contribution in [2.24, 2.45) is 0 Å². The summed E-state index contributed by atoms with van der Waals surface area (Å²) < 4.78 is 26.9. The molecule has 170 valence electrons. The smallest absolute Gasteiger partial charge is 0.229 e. The summed E-state index contributed by atoms with van der Waals surface area (Å²) in [5, 5.41) is 3.62. The first kappa shape index (κ1) is 21.4. The summed E-state index contributed by atoms with van der Waals surface area (Å²) in [6.45, 7) is 4.86. The predicted molar refractivity (Wildman–Crippen MR) is 121 cm³/mol. The van der Waals surface area contributed by atoms with Crippen molar-refractivity contribution < 1.29 is 13.6 Å². The number of halogens is 2. The molecule has 1 amide bonds. The average Bonchev–Trinajstić information content (AvgIpc) is 3.23. The number of carbonyl (C=O) groups is 1. The van der Waals surface area contributed by atoms with Gasteiger partial charge in [0.15, 0.2) is 17.5 Å². The third-order valence-electron chi connectivity index (χ3n) is 6.83. The highest BCUT2D eigenvalue weighted by atomic mass is 19.2. The van der Waals surface area contributed by atoms with Gasteiger partial charge in [0, 0.05) is 31.0 Å². The molecule has 0 aliphatic carbocycles. The monoisotopic (exact) mass is 449 g/mol. The number of rotatable bonds is 3. The number of pyridine rings is 1. The lowest BCUT2D eigenvalue weighted by atomic mass is 9.86. The molecular formula is C25H25F2N5O. The maximum atomic E-state index is 13.7. The fourth-order valence-corrected chi connectivity index (χ4v) is 4.86. The number of likely N-dealkylation sites (tertiary alicyclic amines) is 1. The van der Waals surface area contributed by atoms with Crippen LogP contribution in [0.3, 0.4) is 0 Å². The van der Waals surface area contributed by atoms with E-state index in [0.29, 0.717) is 24.5 Å². The van der Waals surface area contributed by atoms with Gasteiger partial charge < -0.3 is 10.2 Å². The van der Waals surface area contributed by atoms with Gasteiger partial charge in [0.1, 0.15) is 5.82 Å². The fraction of sp³-hybridized carbons (Fsp3) is 0.360. The number of hydrogen-bond donors (Lipinski definition) is 1. The van der Waals surface area contributed by atoms with Crippen molar-refractivity contribution in [3.8, 4) is 11.4 Å². The van der Waals surface area contributed by atoms with Crippen LogP contribution in [0.1, 0.15) is 42.5 Å². The third-order valence-corrected chi connectivity index (χ3v) is 6.83. The van der Waals surface area contributed by atoms with E-state index in [4.69, 9.17) is 4.98 Å². The molecule has 0 unspecified atom stereocenters. The van der Waals surface area contributed by atoms with Crippen LogP contribution in [0.25, 0.3) is 11.4 Å². The van der Waals surface area contributed by atoms with Gasteiger partial charge in [-0.3, -0.25) is 4.79 Å². The Morgan fingerprint density at radius 2 is 1.94 bits per heavy atom. The van der Waals surface area contributed by atoms with E-state index in [-0.39, 0.29) is 11.4 Å². The second-order valence-corrected chi connectivity index (χ2v) is 9.01. The second-order valence-electron chi connectivity index (χ2n) is 9.01. The zero-order valence-corrected chi connectivity index (χ0v) is 18.6. The number of anilines is 1. The summed E-state index contributed by atoms with van der Waals surface area (Å²) in [5.41, 5.74) is 3.14. The molecule has 33 heavy (non-hydrogen) atoms. The Bertz CT molecular complexity index is 1220. The normalized spacial score (nSPS) is 20.4. The number of aryl methyl sites for hydroxylation is 2. The zero-order chi connectivity index (χ0) is 23.2. The Hall–Kier alpha value is -3.42. The second kappa shape index (κ2) is 8.17. The van der Waals surface area contributed by atoms with Crippen LogP contribution in [0.15, 0.2) is 42.7 Å². The molecular weight excluding hydrogens is 424 g/mol. The molecule has 0 bridgehead atoms. The van der Waals surface area contributed by atoms with E-state index < -0.39 is 17.6 Å². The first-order valence-electron chi connectivity index (χ1n) is 11.1. The molecule has 2 aromatic heterocycles. The molecule has 6 nitrogen and oxygen atoms in total. The quantitative estimate of drug-likeness (QED) is 0.647. The van der Waals surface area contributed by atoms with Gasteiger partial charge in [-0.25, -0.2) is 23.7 Å². The molecule has 2 aliphatic rings. The number of benzene rings is 1. The summed E-state index contributed by atoms with van der Waals surface area (Å²) in [6, 6.07) is 7.55. The molecule has 2 atom stereocenters. The first-order valence-corrected chi connectivity index (χ1v) is 11.1. The van der Waals surface area contributed by atoms with Crippen molar-refractivity contribution in [1.82, 2.24) is 19.9 Å². The SMILES string of the molecule is Cc1nc2c(cc1-c1ncccn1)CC[C@@]1(CCN(C(=O)[C@H](C)c3ccc(F)c(F)c3)C1)N2. The van der Waals surface area contributed by atoms with Gasteiger partial charge in [0.05, 0.1) is 17.2 Å². The van der Waals surface area contributed by atoms with E-state index in [1.54, 1.807) is 25.4 Å². The van der Waals surface area contributed by atoms with E-state index in [1.807, 2.05) is 11.8 Å². The number of nitrogens with zero attached hydrogens (tertiary/aromatic N) is 4. The lowest BCUT2D eigenvalue weighted by molar-refractivity contribution is -0.131. The van der Waals surface area contributed by atoms with Crippen LogP contribution >= 0.6 is 0 Å². The number of aromatic nitrogens is 3. The van der Waals surface area contributed by atoms with Crippen LogP contribution in [-0.4, -0.2) is 44.4 Å². The van der Waals surface area contributed by atoms with Crippen molar-refractivity contribution in [2.75, 3.05) is 18.4 Å². The number of carbonyl (C=O) groups excluding carboxylic acids is 1. The van der Waals surface area contributed by atoms with Gasteiger partial charge >= 0.3 is 0 Å². The molecule has 1 aromatic carbocycles. The minimum Gasteiger partial charge on any atom is -0.363 e. The Morgan fingerprint density at radius 3 is 2.70 bits per heavy atom. The maximum absolute atomic E-state index is 13.7. The lowest BCUT2D eigenvalue weighted by Gasteiger charge is -2.36. The molecule has 1 spiro atoms. The predicted octanol–water partition coefficient (Wildman–Crippen LogP) is 4.26. The summed E-state index contributed by atoms with van der Waals surface area (Å²) in [6.07, 6.45) is 5.98. The van der Waals surface area contributed by atoms with Crippen LogP contribution in [0.2, 0.25) is 0 Å². The van der Waals surface area contributed by atoms with Gasteiger partial charge in [-0.2, -0.15) is 0 Å². The van der Waals surface area contributed by atoms with E-state index in [9.17, 15) is 13.6 Å². The Kier molecular flexibility index (Phi) is 5.31. The third kappa shape index (κ3) is 3.94. The Balaban J connectivity index is 1.33. The van der Waals surface area contributed by atoms with E-state index in [1.165, 1.54) is 6.07 Å². The average molecular weight is 450 g/mol. The van der Waals surface area contributed by atoms with E-state index in [2.05, 4.69) is 21.4 Å². The van der Waals surface area contributed by atoms with Crippen LogP contribution in [-0.2, 0) is 11.2 Å². The fourth-order valence-electron chi connectivity index (χ4n) is 4.86. The molecule has 1 fully saturated rings. The first-order chi connectivity index (χ1) is 15.8. The number of amides is 1. The highest BCUT2D eigenvalue weighted by Crippen LogP contribution is 2.38. The Morgan fingerprint density at radius 1 is 1.15 bits per heavy atom.